The molecule has 1 aromatic carbocycles. The van der Waals surface area contributed by atoms with Crippen LogP contribution < -0.4 is 5.32 Å². The topological polar surface area (TPSA) is 41.5 Å². The van der Waals surface area contributed by atoms with Gasteiger partial charge in [0.1, 0.15) is 0 Å². The van der Waals surface area contributed by atoms with Crippen LogP contribution in [0.3, 0.4) is 0 Å². The van der Waals surface area contributed by atoms with Gasteiger partial charge in [-0.25, -0.2) is 0 Å². The van der Waals surface area contributed by atoms with Crippen LogP contribution in [0.5, 0.6) is 0 Å². The third-order valence-corrected chi connectivity index (χ3v) is 2.62. The first kappa shape index (κ1) is 8.94. The normalized spacial score (nSPS) is 25.1. The van der Waals surface area contributed by atoms with Crippen molar-refractivity contribution in [2.75, 3.05) is 0 Å². The Hall–Kier alpha value is -1.64. The highest BCUT2D eigenvalue weighted by Gasteiger charge is 2.40. The summed E-state index contributed by atoms with van der Waals surface area (Å²) in [4.78, 5) is 15.9. The fraction of sp³-hybridized carbons (Fsp3) is 0.273. The largest absolute Gasteiger partial charge is 0.315 e. The van der Waals surface area contributed by atoms with E-state index in [-0.39, 0.29) is 5.91 Å². The average Bonchev–Trinajstić information content (AvgIpc) is 2.62. The van der Waals surface area contributed by atoms with E-state index in [2.05, 4.69) is 10.3 Å². The molecule has 14 heavy (non-hydrogen) atoms. The molecule has 0 spiro atoms. The smallest absolute Gasteiger partial charge is 0.257 e. The Bertz CT molecular complexity index is 372. The van der Waals surface area contributed by atoms with Gasteiger partial charge in [-0.05, 0) is 12.0 Å². The van der Waals surface area contributed by atoms with Crippen molar-refractivity contribution in [3.05, 3.63) is 35.9 Å². The van der Waals surface area contributed by atoms with E-state index in [1.165, 1.54) is 6.34 Å². The van der Waals surface area contributed by atoms with Crippen molar-refractivity contribution in [2.45, 2.75) is 18.9 Å². The summed E-state index contributed by atoms with van der Waals surface area (Å²) in [6.07, 6.45) is 2.16. The summed E-state index contributed by atoms with van der Waals surface area (Å²) in [5, 5.41) is 2.63. The van der Waals surface area contributed by atoms with Crippen LogP contribution in [0.15, 0.2) is 35.3 Å². The van der Waals surface area contributed by atoms with E-state index in [4.69, 9.17) is 0 Å². The summed E-state index contributed by atoms with van der Waals surface area (Å²) in [6.45, 7) is 1.97. The Morgan fingerprint density at radius 3 is 2.57 bits per heavy atom. The van der Waals surface area contributed by atoms with E-state index < -0.39 is 5.54 Å². The second-order valence-electron chi connectivity index (χ2n) is 3.31. The monoisotopic (exact) mass is 188 g/mol. The van der Waals surface area contributed by atoms with Crippen molar-refractivity contribution >= 4 is 12.2 Å². The van der Waals surface area contributed by atoms with E-state index in [0.29, 0.717) is 6.42 Å². The van der Waals surface area contributed by atoms with Gasteiger partial charge in [0.05, 0.1) is 6.34 Å². The molecular weight excluding hydrogens is 176 g/mol. The van der Waals surface area contributed by atoms with E-state index in [1.54, 1.807) is 0 Å². The van der Waals surface area contributed by atoms with Crippen molar-refractivity contribution in [3.63, 3.8) is 0 Å². The molecule has 3 nitrogen and oxygen atoms in total. The van der Waals surface area contributed by atoms with E-state index in [0.717, 1.165) is 5.56 Å². The second kappa shape index (κ2) is 3.25. The first-order valence-electron chi connectivity index (χ1n) is 4.70. The van der Waals surface area contributed by atoms with Crippen LogP contribution in [0, 0.1) is 0 Å². The molecule has 72 valence electrons. The van der Waals surface area contributed by atoms with Gasteiger partial charge < -0.3 is 5.32 Å². The molecule has 1 N–H and O–H groups in total. The highest BCUT2D eigenvalue weighted by atomic mass is 16.2. The molecule has 0 fully saturated rings. The minimum Gasteiger partial charge on any atom is -0.315 e. The fourth-order valence-electron chi connectivity index (χ4n) is 1.75. The number of benzene rings is 1. The standard InChI is InChI=1S/C11H12N2O/c1-2-11(10(14)12-8-13-11)9-6-4-3-5-7-9/h3-8H,2H2,1H3,(H,12,13,14). The highest BCUT2D eigenvalue weighted by molar-refractivity contribution is 6.00. The van der Waals surface area contributed by atoms with Crippen molar-refractivity contribution in [1.82, 2.24) is 5.32 Å². The minimum atomic E-state index is -0.693. The van der Waals surface area contributed by atoms with Crippen molar-refractivity contribution in [3.8, 4) is 0 Å². The Labute approximate surface area is 82.9 Å². The number of nitrogens with zero attached hydrogens (tertiary/aromatic N) is 1. The van der Waals surface area contributed by atoms with Gasteiger partial charge in [0, 0.05) is 0 Å². The number of carbonyl (C=O) groups is 1. The zero-order chi connectivity index (χ0) is 10.0. The lowest BCUT2D eigenvalue weighted by atomic mass is 9.88. The van der Waals surface area contributed by atoms with Gasteiger partial charge in [0.15, 0.2) is 5.54 Å². The lowest BCUT2D eigenvalue weighted by molar-refractivity contribution is -0.124. The summed E-state index contributed by atoms with van der Waals surface area (Å²) in [6, 6.07) is 9.66. The van der Waals surface area contributed by atoms with Crippen molar-refractivity contribution in [1.29, 1.82) is 0 Å². The lowest BCUT2D eigenvalue weighted by Gasteiger charge is -2.21. The summed E-state index contributed by atoms with van der Waals surface area (Å²) in [5.74, 6) is -0.0359. The summed E-state index contributed by atoms with van der Waals surface area (Å²) < 4.78 is 0. The molecule has 1 heterocycles. The maximum atomic E-state index is 11.7. The van der Waals surface area contributed by atoms with E-state index >= 15 is 0 Å². The Morgan fingerprint density at radius 1 is 1.36 bits per heavy atom. The van der Waals surface area contributed by atoms with Crippen molar-refractivity contribution in [2.24, 2.45) is 4.99 Å². The zero-order valence-electron chi connectivity index (χ0n) is 8.03. The van der Waals surface area contributed by atoms with Gasteiger partial charge in [-0.15, -0.1) is 0 Å². The minimum absolute atomic E-state index is 0.0359. The van der Waals surface area contributed by atoms with Crippen LogP contribution in [0.4, 0.5) is 0 Å². The fourth-order valence-corrected chi connectivity index (χ4v) is 1.75. The van der Waals surface area contributed by atoms with Crippen LogP contribution in [0.1, 0.15) is 18.9 Å². The van der Waals surface area contributed by atoms with Crippen LogP contribution in [0.25, 0.3) is 0 Å². The SMILES string of the molecule is CCC1(c2ccccc2)N=CNC1=O. The third-order valence-electron chi connectivity index (χ3n) is 2.62. The van der Waals surface area contributed by atoms with E-state index in [1.807, 2.05) is 37.3 Å². The van der Waals surface area contributed by atoms with Gasteiger partial charge >= 0.3 is 0 Å². The predicted octanol–water partition coefficient (Wildman–Crippen LogP) is 1.45. The molecule has 1 aliphatic heterocycles. The zero-order valence-corrected chi connectivity index (χ0v) is 8.03. The van der Waals surface area contributed by atoms with Gasteiger partial charge in [0.2, 0.25) is 0 Å². The summed E-state index contributed by atoms with van der Waals surface area (Å²) in [5.41, 5.74) is 0.259. The summed E-state index contributed by atoms with van der Waals surface area (Å²) in [7, 11) is 0. The molecule has 2 rings (SSSR count). The molecule has 3 heteroatoms. The maximum absolute atomic E-state index is 11.7. The molecule has 0 aromatic heterocycles. The predicted molar refractivity (Wildman–Crippen MR) is 55.0 cm³/mol. The number of amides is 1. The molecule has 0 saturated heterocycles. The third kappa shape index (κ3) is 1.13. The van der Waals surface area contributed by atoms with Gasteiger partial charge in [0.25, 0.3) is 5.91 Å². The highest BCUT2D eigenvalue weighted by Crippen LogP contribution is 2.31. The van der Waals surface area contributed by atoms with Crippen LogP contribution in [-0.2, 0) is 10.3 Å². The Morgan fingerprint density at radius 2 is 2.07 bits per heavy atom. The summed E-state index contributed by atoms with van der Waals surface area (Å²) >= 11 is 0. The molecule has 1 amide bonds. The number of hydrogen-bond acceptors (Lipinski definition) is 2. The number of aliphatic imine (C=N–C) groups is 1. The van der Waals surface area contributed by atoms with E-state index in [9.17, 15) is 4.79 Å². The molecule has 1 aromatic rings. The van der Waals surface area contributed by atoms with Crippen molar-refractivity contribution < 1.29 is 4.79 Å². The Balaban J connectivity index is 2.48. The van der Waals surface area contributed by atoms with Crippen LogP contribution in [0.2, 0.25) is 0 Å². The molecule has 0 radical (unpaired) electrons. The van der Waals surface area contributed by atoms with Gasteiger partial charge in [-0.1, -0.05) is 37.3 Å². The lowest BCUT2D eigenvalue weighted by Crippen LogP contribution is -2.35. The number of hydrogen-bond donors (Lipinski definition) is 1. The molecule has 1 aliphatic rings. The molecule has 1 unspecified atom stereocenters. The quantitative estimate of drug-likeness (QED) is 0.749. The average molecular weight is 188 g/mol. The van der Waals surface area contributed by atoms with Crippen LogP contribution >= 0.6 is 0 Å². The van der Waals surface area contributed by atoms with Gasteiger partial charge in [-0.3, -0.25) is 9.79 Å². The maximum Gasteiger partial charge on any atom is 0.257 e. The van der Waals surface area contributed by atoms with Crippen LogP contribution in [-0.4, -0.2) is 12.2 Å². The molecule has 0 aliphatic carbocycles. The molecule has 0 bridgehead atoms. The number of nitrogens with one attached hydrogen (secondary N) is 1. The molecule has 1 atom stereocenters. The second-order valence-corrected chi connectivity index (χ2v) is 3.31. The number of rotatable bonds is 2. The number of carbonyl (C=O) groups excluding carboxylic acids is 1. The molecular formula is C11H12N2O. The molecule has 0 saturated carbocycles. The first-order chi connectivity index (χ1) is 6.79. The Kier molecular flexibility index (Phi) is 2.08. The first-order valence-corrected chi connectivity index (χ1v) is 4.70. The van der Waals surface area contributed by atoms with Gasteiger partial charge in [-0.2, -0.15) is 0 Å².